The summed E-state index contributed by atoms with van der Waals surface area (Å²) in [5.74, 6) is 1.53. The predicted octanol–water partition coefficient (Wildman–Crippen LogP) is 2.28. The van der Waals surface area contributed by atoms with Gasteiger partial charge in [0.05, 0.1) is 10.2 Å². The molecule has 2 aliphatic heterocycles. The van der Waals surface area contributed by atoms with Crippen LogP contribution in [0.4, 0.5) is 5.69 Å². The summed E-state index contributed by atoms with van der Waals surface area (Å²) < 4.78 is 1.10. The van der Waals surface area contributed by atoms with Crippen LogP contribution in [0.25, 0.3) is 0 Å². The van der Waals surface area contributed by atoms with Crippen LogP contribution in [0, 0.1) is 11.8 Å². The quantitative estimate of drug-likeness (QED) is 0.862. The van der Waals surface area contributed by atoms with Crippen LogP contribution in [0.2, 0.25) is 0 Å². The van der Waals surface area contributed by atoms with Crippen LogP contribution in [0.5, 0.6) is 0 Å². The normalized spacial score (nSPS) is 30.6. The minimum atomic E-state index is 0.220. The SMILES string of the molecule is CC1(C)C2CNCC2CN1c1ccncc1Br. The second-order valence-corrected chi connectivity index (χ2v) is 6.47. The van der Waals surface area contributed by atoms with Gasteiger partial charge in [-0.15, -0.1) is 0 Å². The van der Waals surface area contributed by atoms with Crippen molar-refractivity contribution in [1.29, 1.82) is 0 Å². The summed E-state index contributed by atoms with van der Waals surface area (Å²) in [6.07, 6.45) is 3.76. The smallest absolute Gasteiger partial charge is 0.0592 e. The van der Waals surface area contributed by atoms with Gasteiger partial charge in [-0.2, -0.15) is 0 Å². The third-order valence-corrected chi connectivity index (χ3v) is 5.01. The maximum Gasteiger partial charge on any atom is 0.0592 e. The molecule has 0 saturated carbocycles. The number of anilines is 1. The Morgan fingerprint density at radius 1 is 1.47 bits per heavy atom. The number of halogens is 1. The molecular formula is C13H18BrN3. The summed E-state index contributed by atoms with van der Waals surface area (Å²) in [5.41, 5.74) is 1.50. The van der Waals surface area contributed by atoms with E-state index in [1.165, 1.54) is 5.69 Å². The zero-order valence-electron chi connectivity index (χ0n) is 10.3. The largest absolute Gasteiger partial charge is 0.365 e. The lowest BCUT2D eigenvalue weighted by Gasteiger charge is -2.37. The molecule has 0 aromatic carbocycles. The van der Waals surface area contributed by atoms with Crippen LogP contribution in [0.1, 0.15) is 13.8 Å². The standard InChI is InChI=1S/C13H18BrN3/c1-13(2)10-6-16-5-9(10)8-17(13)12-3-4-15-7-11(12)14/h3-4,7,9-10,16H,5-6,8H2,1-2H3. The van der Waals surface area contributed by atoms with Gasteiger partial charge in [-0.05, 0) is 47.7 Å². The minimum absolute atomic E-state index is 0.220. The fraction of sp³-hybridized carbons (Fsp3) is 0.615. The zero-order valence-corrected chi connectivity index (χ0v) is 11.9. The lowest BCUT2D eigenvalue weighted by molar-refractivity contribution is 0.357. The summed E-state index contributed by atoms with van der Waals surface area (Å²) in [7, 11) is 0. The van der Waals surface area contributed by atoms with Crippen molar-refractivity contribution in [1.82, 2.24) is 10.3 Å². The van der Waals surface area contributed by atoms with Gasteiger partial charge in [-0.25, -0.2) is 0 Å². The molecule has 3 heterocycles. The number of pyridine rings is 1. The molecule has 0 radical (unpaired) electrons. The molecule has 0 bridgehead atoms. The Balaban J connectivity index is 1.97. The topological polar surface area (TPSA) is 28.2 Å². The Labute approximate surface area is 111 Å². The van der Waals surface area contributed by atoms with Gasteiger partial charge in [0.2, 0.25) is 0 Å². The van der Waals surface area contributed by atoms with Crippen molar-refractivity contribution in [3.05, 3.63) is 22.9 Å². The average Bonchev–Trinajstić information content (AvgIpc) is 2.83. The highest BCUT2D eigenvalue weighted by Crippen LogP contribution is 2.44. The van der Waals surface area contributed by atoms with Crippen molar-refractivity contribution in [2.24, 2.45) is 11.8 Å². The van der Waals surface area contributed by atoms with E-state index in [0.717, 1.165) is 35.9 Å². The molecule has 2 saturated heterocycles. The van der Waals surface area contributed by atoms with Crippen LogP contribution >= 0.6 is 15.9 Å². The third-order valence-electron chi connectivity index (χ3n) is 4.40. The van der Waals surface area contributed by atoms with Crippen molar-refractivity contribution >= 4 is 21.6 Å². The molecule has 2 aliphatic rings. The third kappa shape index (κ3) is 1.69. The van der Waals surface area contributed by atoms with E-state index in [2.05, 4.69) is 51.0 Å². The number of aromatic nitrogens is 1. The summed E-state index contributed by atoms with van der Waals surface area (Å²) in [6, 6.07) is 2.11. The van der Waals surface area contributed by atoms with Crippen LogP contribution < -0.4 is 10.2 Å². The lowest BCUT2D eigenvalue weighted by atomic mass is 9.85. The number of hydrogen-bond acceptors (Lipinski definition) is 3. The van der Waals surface area contributed by atoms with E-state index in [-0.39, 0.29) is 5.54 Å². The summed E-state index contributed by atoms with van der Waals surface area (Å²) in [4.78, 5) is 6.69. The van der Waals surface area contributed by atoms with E-state index in [9.17, 15) is 0 Å². The van der Waals surface area contributed by atoms with Gasteiger partial charge in [0.15, 0.2) is 0 Å². The molecule has 2 fully saturated rings. The minimum Gasteiger partial charge on any atom is -0.365 e. The number of nitrogens with one attached hydrogen (secondary N) is 1. The summed E-state index contributed by atoms with van der Waals surface area (Å²) in [5, 5.41) is 3.52. The van der Waals surface area contributed by atoms with Gasteiger partial charge in [0.25, 0.3) is 0 Å². The van der Waals surface area contributed by atoms with Gasteiger partial charge in [0, 0.05) is 37.6 Å². The van der Waals surface area contributed by atoms with E-state index in [4.69, 9.17) is 0 Å². The molecule has 4 heteroatoms. The van der Waals surface area contributed by atoms with E-state index in [1.807, 2.05) is 12.4 Å². The molecule has 3 rings (SSSR count). The molecule has 1 aromatic heterocycles. The number of nitrogens with zero attached hydrogens (tertiary/aromatic N) is 2. The molecule has 2 atom stereocenters. The van der Waals surface area contributed by atoms with Gasteiger partial charge in [-0.1, -0.05) is 0 Å². The number of rotatable bonds is 1. The maximum atomic E-state index is 4.15. The number of hydrogen-bond donors (Lipinski definition) is 1. The van der Waals surface area contributed by atoms with Crippen LogP contribution in [0.3, 0.4) is 0 Å². The average molecular weight is 296 g/mol. The predicted molar refractivity (Wildman–Crippen MR) is 73.2 cm³/mol. The first-order valence-corrected chi connectivity index (χ1v) is 6.98. The molecule has 92 valence electrons. The Morgan fingerprint density at radius 3 is 3.00 bits per heavy atom. The van der Waals surface area contributed by atoms with Crippen molar-refractivity contribution in [2.45, 2.75) is 19.4 Å². The summed E-state index contributed by atoms with van der Waals surface area (Å²) in [6.45, 7) is 8.17. The molecular weight excluding hydrogens is 278 g/mol. The van der Waals surface area contributed by atoms with Gasteiger partial charge in [0.1, 0.15) is 0 Å². The Kier molecular flexibility index (Phi) is 2.67. The first kappa shape index (κ1) is 11.5. The molecule has 0 amide bonds. The molecule has 17 heavy (non-hydrogen) atoms. The fourth-order valence-corrected chi connectivity index (χ4v) is 3.88. The van der Waals surface area contributed by atoms with Crippen LogP contribution in [-0.4, -0.2) is 30.2 Å². The fourth-order valence-electron chi connectivity index (χ4n) is 3.42. The molecule has 0 spiro atoms. The van der Waals surface area contributed by atoms with Crippen molar-refractivity contribution in [3.63, 3.8) is 0 Å². The maximum absolute atomic E-state index is 4.15. The zero-order chi connectivity index (χ0) is 12.0. The Hall–Kier alpha value is -0.610. The first-order chi connectivity index (χ1) is 8.10. The number of fused-ring (bicyclic) bond motifs is 1. The van der Waals surface area contributed by atoms with Gasteiger partial charge in [-0.3, -0.25) is 4.98 Å². The Bertz CT molecular complexity index is 432. The van der Waals surface area contributed by atoms with Crippen molar-refractivity contribution in [2.75, 3.05) is 24.5 Å². The first-order valence-electron chi connectivity index (χ1n) is 6.18. The van der Waals surface area contributed by atoms with Gasteiger partial charge < -0.3 is 10.2 Å². The molecule has 1 N–H and O–H groups in total. The van der Waals surface area contributed by atoms with Gasteiger partial charge >= 0.3 is 0 Å². The highest BCUT2D eigenvalue weighted by molar-refractivity contribution is 9.10. The second kappa shape index (κ2) is 3.95. The lowest BCUT2D eigenvalue weighted by Crippen LogP contribution is -2.44. The van der Waals surface area contributed by atoms with Crippen LogP contribution in [-0.2, 0) is 0 Å². The monoisotopic (exact) mass is 295 g/mol. The summed E-state index contributed by atoms with van der Waals surface area (Å²) >= 11 is 3.62. The van der Waals surface area contributed by atoms with E-state index < -0.39 is 0 Å². The molecule has 1 aromatic rings. The molecule has 2 unspecified atom stereocenters. The van der Waals surface area contributed by atoms with E-state index in [1.54, 1.807) is 0 Å². The van der Waals surface area contributed by atoms with Crippen molar-refractivity contribution in [3.8, 4) is 0 Å². The van der Waals surface area contributed by atoms with E-state index in [0.29, 0.717) is 0 Å². The second-order valence-electron chi connectivity index (χ2n) is 5.62. The van der Waals surface area contributed by atoms with Crippen molar-refractivity contribution < 1.29 is 0 Å². The van der Waals surface area contributed by atoms with E-state index >= 15 is 0 Å². The molecule has 3 nitrogen and oxygen atoms in total. The van der Waals surface area contributed by atoms with Crippen LogP contribution in [0.15, 0.2) is 22.9 Å². The highest BCUT2D eigenvalue weighted by atomic mass is 79.9. The Morgan fingerprint density at radius 2 is 2.29 bits per heavy atom. The highest BCUT2D eigenvalue weighted by Gasteiger charge is 2.49. The molecule has 0 aliphatic carbocycles.